The number of ether oxygens (including phenoxy) is 3. The monoisotopic (exact) mass is 846 g/mol. The van der Waals surface area contributed by atoms with Gasteiger partial charge in [-0.1, -0.05) is 179 Å². The van der Waals surface area contributed by atoms with E-state index in [2.05, 4.69) is 50.3 Å². The number of aliphatic carboxylic acids is 1. The molecule has 0 aromatic rings. The van der Waals surface area contributed by atoms with Crippen LogP contribution in [0.2, 0.25) is 0 Å². The summed E-state index contributed by atoms with van der Waals surface area (Å²) in [6.45, 7) is 4.57. The third-order valence-electron chi connectivity index (χ3n) is 11.3. The lowest BCUT2D eigenvalue weighted by molar-refractivity contribution is -0.889. The number of carboxylic acids is 1. The maximum absolute atomic E-state index is 12.8. The van der Waals surface area contributed by atoms with Gasteiger partial charge in [0.25, 0.3) is 0 Å². The number of quaternary nitrogens is 1. The van der Waals surface area contributed by atoms with Crippen molar-refractivity contribution >= 4 is 17.9 Å². The molecular weight excluding hydrogens is 751 g/mol. The fraction of sp³-hybridized carbons (Fsp3) is 0.827. The van der Waals surface area contributed by atoms with Crippen molar-refractivity contribution in [3.8, 4) is 0 Å². The first-order valence-corrected chi connectivity index (χ1v) is 25.0. The third kappa shape index (κ3) is 40.9. The summed E-state index contributed by atoms with van der Waals surface area (Å²) in [5.41, 5.74) is 0. The molecule has 0 saturated heterocycles. The van der Waals surface area contributed by atoms with Gasteiger partial charge in [0, 0.05) is 19.3 Å². The molecule has 0 spiro atoms. The number of nitrogens with zero attached hydrogens (tertiary/aromatic N) is 1. The summed E-state index contributed by atoms with van der Waals surface area (Å²) in [7, 11) is 5.41. The second kappa shape index (κ2) is 43.2. The Morgan fingerprint density at radius 1 is 0.517 bits per heavy atom. The molecule has 0 heterocycles. The number of carbonyl (C=O) groups excluding carboxylic acids is 3. The Bertz CT molecular complexity index is 1080. The molecule has 8 nitrogen and oxygen atoms in total. The lowest BCUT2D eigenvalue weighted by atomic mass is 10.0. The van der Waals surface area contributed by atoms with Crippen LogP contribution in [0.1, 0.15) is 226 Å². The first kappa shape index (κ1) is 57.5. The number of hydrogen-bond acceptors (Lipinski definition) is 7. The topological polar surface area (TPSA) is 102 Å². The van der Waals surface area contributed by atoms with Crippen molar-refractivity contribution in [3.63, 3.8) is 0 Å². The zero-order valence-corrected chi connectivity index (χ0v) is 39.9. The van der Waals surface area contributed by atoms with Crippen LogP contribution in [0.15, 0.2) is 36.5 Å². The number of likely N-dealkylation sites (N-methyl/N-ethyl adjacent to an activating group) is 1. The average Bonchev–Trinajstić information content (AvgIpc) is 3.21. The van der Waals surface area contributed by atoms with Crippen molar-refractivity contribution in [1.82, 2.24) is 0 Å². The van der Waals surface area contributed by atoms with Gasteiger partial charge in [0.15, 0.2) is 6.10 Å². The first-order valence-electron chi connectivity index (χ1n) is 25.0. The Hall–Kier alpha value is -2.45. The van der Waals surface area contributed by atoms with Crippen LogP contribution in [0.5, 0.6) is 0 Å². The summed E-state index contributed by atoms with van der Waals surface area (Å²) in [4.78, 5) is 37.0. The lowest BCUT2D eigenvalue weighted by Gasteiger charge is -2.34. The lowest BCUT2D eigenvalue weighted by Crippen LogP contribution is -2.55. The summed E-state index contributed by atoms with van der Waals surface area (Å²) in [5.74, 6) is -1.74. The van der Waals surface area contributed by atoms with Crippen LogP contribution < -0.4 is 5.11 Å². The molecule has 0 aliphatic carbocycles. The summed E-state index contributed by atoms with van der Waals surface area (Å²) >= 11 is 0. The van der Waals surface area contributed by atoms with Crippen molar-refractivity contribution < 1.29 is 38.2 Å². The van der Waals surface area contributed by atoms with Gasteiger partial charge in [0.2, 0.25) is 0 Å². The maximum Gasteiger partial charge on any atom is 0.306 e. The van der Waals surface area contributed by atoms with E-state index in [1.165, 1.54) is 135 Å². The van der Waals surface area contributed by atoms with Gasteiger partial charge >= 0.3 is 11.9 Å². The number of carboxylic acid groups (broad SMARTS) is 1. The van der Waals surface area contributed by atoms with Crippen LogP contribution in [0.25, 0.3) is 0 Å². The van der Waals surface area contributed by atoms with Gasteiger partial charge in [-0.25, -0.2) is 0 Å². The second-order valence-corrected chi connectivity index (χ2v) is 18.0. The molecule has 0 aromatic heterocycles. The molecule has 0 saturated carbocycles. The van der Waals surface area contributed by atoms with Gasteiger partial charge in [-0.05, 0) is 64.2 Å². The summed E-state index contributed by atoms with van der Waals surface area (Å²) in [6, 6.07) is -0.727. The van der Waals surface area contributed by atoms with Crippen LogP contribution in [0, 0.1) is 0 Å². The minimum Gasteiger partial charge on any atom is -0.544 e. The molecular formula is C52H95NO7. The quantitative estimate of drug-likeness (QED) is 0.0260. The number of unbranched alkanes of at least 4 members (excludes halogenated alkanes) is 25. The van der Waals surface area contributed by atoms with Gasteiger partial charge < -0.3 is 28.6 Å². The molecule has 2 unspecified atom stereocenters. The van der Waals surface area contributed by atoms with E-state index in [1.54, 1.807) is 21.1 Å². The van der Waals surface area contributed by atoms with Crippen molar-refractivity contribution in [2.45, 2.75) is 238 Å². The van der Waals surface area contributed by atoms with E-state index in [0.29, 0.717) is 12.8 Å². The molecule has 0 N–H and O–H groups in total. The smallest absolute Gasteiger partial charge is 0.306 e. The highest BCUT2D eigenvalue weighted by Gasteiger charge is 2.25. The fourth-order valence-corrected chi connectivity index (χ4v) is 7.40. The maximum atomic E-state index is 12.8. The molecule has 0 aromatic carbocycles. The number of esters is 2. The molecule has 0 amide bonds. The highest BCUT2D eigenvalue weighted by atomic mass is 16.6. The van der Waals surface area contributed by atoms with Crippen molar-refractivity contribution in [2.75, 3.05) is 41.0 Å². The van der Waals surface area contributed by atoms with Gasteiger partial charge in [-0.2, -0.15) is 0 Å². The standard InChI is InChI=1S/C52H95NO7/c1-6-8-10-12-14-16-18-20-22-23-24-25-26-27-28-29-31-33-35-37-39-41-43-51(55)60-48(46-58-45-44-49(52(56)57)53(3,4)5)47-59-50(54)42-40-38-36-34-32-30-21-19-17-15-13-11-9-7-2/h9,11,15,17,26-27,48-49H,6-8,10,12-14,16,18-25,28-47H2,1-5H3/b11-9+,17-15+,27-26+. The molecule has 0 radical (unpaired) electrons. The number of carbonyl (C=O) groups is 3. The zero-order valence-electron chi connectivity index (χ0n) is 39.9. The fourth-order valence-electron chi connectivity index (χ4n) is 7.40. The predicted molar refractivity (Wildman–Crippen MR) is 250 cm³/mol. The van der Waals surface area contributed by atoms with Crippen molar-refractivity contribution in [3.05, 3.63) is 36.5 Å². The molecule has 0 fully saturated rings. The zero-order chi connectivity index (χ0) is 44.2. The summed E-state index contributed by atoms with van der Waals surface area (Å²) < 4.78 is 17.2. The number of hydrogen-bond donors (Lipinski definition) is 0. The van der Waals surface area contributed by atoms with E-state index >= 15 is 0 Å². The van der Waals surface area contributed by atoms with Gasteiger partial charge in [0.05, 0.1) is 40.3 Å². The second-order valence-electron chi connectivity index (χ2n) is 18.0. The van der Waals surface area contributed by atoms with E-state index in [-0.39, 0.29) is 42.7 Å². The molecule has 60 heavy (non-hydrogen) atoms. The highest BCUT2D eigenvalue weighted by molar-refractivity contribution is 5.70. The highest BCUT2D eigenvalue weighted by Crippen LogP contribution is 2.15. The number of rotatable bonds is 45. The number of allylic oxidation sites excluding steroid dienone is 6. The normalized spacial score (nSPS) is 13.2. The van der Waals surface area contributed by atoms with Crippen LogP contribution in [0.3, 0.4) is 0 Å². The molecule has 0 aliphatic heterocycles. The average molecular weight is 846 g/mol. The van der Waals surface area contributed by atoms with Crippen molar-refractivity contribution in [1.29, 1.82) is 0 Å². The SMILES string of the molecule is CC/C=C/C/C=C/CCCCCCCCCC(=O)OCC(COCCC(C(=O)[O-])[N+](C)(C)C)OC(=O)CCCCCCCCC/C=C/CCCCCCCCCCCCC. The van der Waals surface area contributed by atoms with Gasteiger partial charge in [-0.3, -0.25) is 9.59 Å². The predicted octanol–water partition coefficient (Wildman–Crippen LogP) is 12.9. The van der Waals surface area contributed by atoms with E-state index in [4.69, 9.17) is 14.2 Å². The molecule has 2 atom stereocenters. The largest absolute Gasteiger partial charge is 0.544 e. The summed E-state index contributed by atoms with van der Waals surface area (Å²) in [5, 5.41) is 11.6. The van der Waals surface area contributed by atoms with E-state index in [1.807, 2.05) is 0 Å². The van der Waals surface area contributed by atoms with E-state index in [9.17, 15) is 19.5 Å². The van der Waals surface area contributed by atoms with Gasteiger partial charge in [-0.15, -0.1) is 0 Å². The van der Waals surface area contributed by atoms with Crippen LogP contribution in [-0.2, 0) is 28.6 Å². The molecule has 0 rings (SSSR count). The first-order chi connectivity index (χ1) is 29.1. The van der Waals surface area contributed by atoms with Crippen LogP contribution in [0.4, 0.5) is 0 Å². The minimum absolute atomic E-state index is 0.0379. The molecule has 350 valence electrons. The van der Waals surface area contributed by atoms with Crippen LogP contribution >= 0.6 is 0 Å². The van der Waals surface area contributed by atoms with E-state index < -0.39 is 18.1 Å². The Labute approximate surface area is 370 Å². The summed E-state index contributed by atoms with van der Waals surface area (Å²) in [6.07, 6.45) is 50.3. The van der Waals surface area contributed by atoms with E-state index in [0.717, 1.165) is 57.8 Å². The van der Waals surface area contributed by atoms with Crippen molar-refractivity contribution in [2.24, 2.45) is 0 Å². The molecule has 0 aliphatic rings. The minimum atomic E-state index is -1.13. The Morgan fingerprint density at radius 2 is 0.933 bits per heavy atom. The van der Waals surface area contributed by atoms with Gasteiger partial charge in [0.1, 0.15) is 12.6 Å². The molecule has 8 heteroatoms. The Morgan fingerprint density at radius 3 is 1.38 bits per heavy atom. The Balaban J connectivity index is 4.23. The molecule has 0 bridgehead atoms. The Kier molecular flexibility index (Phi) is 41.4. The third-order valence-corrected chi connectivity index (χ3v) is 11.3. The van der Waals surface area contributed by atoms with Crippen LogP contribution in [-0.4, -0.2) is 75.5 Å².